The van der Waals surface area contributed by atoms with E-state index in [0.29, 0.717) is 5.69 Å². The molecule has 1 aromatic heterocycles. The van der Waals surface area contributed by atoms with E-state index >= 15 is 0 Å². The summed E-state index contributed by atoms with van der Waals surface area (Å²) >= 11 is 0. The first-order valence-corrected chi connectivity index (χ1v) is 6.85. The van der Waals surface area contributed by atoms with Gasteiger partial charge in [0, 0.05) is 30.8 Å². The minimum absolute atomic E-state index is 0.219. The van der Waals surface area contributed by atoms with Gasteiger partial charge in [0.2, 0.25) is 0 Å². The van der Waals surface area contributed by atoms with Crippen molar-refractivity contribution in [3.63, 3.8) is 0 Å². The lowest BCUT2D eigenvalue weighted by Gasteiger charge is -2.04. The lowest BCUT2D eigenvalue weighted by atomic mass is 10.1. The monoisotopic (exact) mass is 251 g/mol. The fourth-order valence-electron chi connectivity index (χ4n) is 1.57. The highest BCUT2D eigenvalue weighted by Crippen LogP contribution is 2.25. The summed E-state index contributed by atoms with van der Waals surface area (Å²) < 4.78 is 24.6. The number of nitrogens with two attached hydrogens (primary N) is 1. The fourth-order valence-corrected chi connectivity index (χ4v) is 2.26. The first-order valence-electron chi connectivity index (χ1n) is 4.96. The van der Waals surface area contributed by atoms with Crippen molar-refractivity contribution in [1.82, 2.24) is 9.78 Å². The normalized spacial score (nSPS) is 11.6. The highest BCUT2D eigenvalue weighted by molar-refractivity contribution is 7.90. The van der Waals surface area contributed by atoms with Gasteiger partial charge in [0.25, 0.3) is 0 Å². The minimum Gasteiger partial charge on any atom is -0.399 e. The molecule has 0 fully saturated rings. The van der Waals surface area contributed by atoms with E-state index in [4.69, 9.17) is 5.73 Å². The Balaban J connectivity index is 2.60. The first-order chi connectivity index (χ1) is 7.86. The molecule has 17 heavy (non-hydrogen) atoms. The lowest BCUT2D eigenvalue weighted by Crippen LogP contribution is -1.99. The van der Waals surface area contributed by atoms with Crippen LogP contribution in [0.1, 0.15) is 0 Å². The Kier molecular flexibility index (Phi) is 2.66. The Morgan fingerprint density at radius 3 is 2.47 bits per heavy atom. The van der Waals surface area contributed by atoms with Gasteiger partial charge in [0.15, 0.2) is 9.84 Å². The Morgan fingerprint density at radius 2 is 1.94 bits per heavy atom. The van der Waals surface area contributed by atoms with Crippen LogP contribution in [0.3, 0.4) is 0 Å². The Labute approximate surface area is 99.8 Å². The van der Waals surface area contributed by atoms with E-state index in [1.165, 1.54) is 6.07 Å². The summed E-state index contributed by atoms with van der Waals surface area (Å²) in [5, 5.41) is 4.04. The first kappa shape index (κ1) is 11.7. The van der Waals surface area contributed by atoms with Gasteiger partial charge in [0.05, 0.1) is 11.1 Å². The predicted molar refractivity (Wildman–Crippen MR) is 66.2 cm³/mol. The molecule has 0 radical (unpaired) electrons. The third-order valence-corrected chi connectivity index (χ3v) is 3.49. The summed E-state index contributed by atoms with van der Waals surface area (Å²) in [6.07, 6.45) is 4.64. The number of sulfone groups is 1. The van der Waals surface area contributed by atoms with Gasteiger partial charge in [-0.2, -0.15) is 5.10 Å². The molecule has 1 heterocycles. The van der Waals surface area contributed by atoms with Crippen molar-refractivity contribution in [3.05, 3.63) is 30.6 Å². The number of nitrogens with zero attached hydrogens (tertiary/aromatic N) is 2. The van der Waals surface area contributed by atoms with Crippen molar-refractivity contribution in [2.45, 2.75) is 4.90 Å². The van der Waals surface area contributed by atoms with Crippen LogP contribution in [0.2, 0.25) is 0 Å². The molecule has 2 rings (SSSR count). The second-order valence-electron chi connectivity index (χ2n) is 3.97. The third-order valence-electron chi connectivity index (χ3n) is 2.40. The van der Waals surface area contributed by atoms with Crippen molar-refractivity contribution in [2.75, 3.05) is 12.0 Å². The van der Waals surface area contributed by atoms with Gasteiger partial charge in [-0.3, -0.25) is 4.68 Å². The average Bonchev–Trinajstić information content (AvgIpc) is 2.62. The smallest absolute Gasteiger partial charge is 0.175 e. The highest BCUT2D eigenvalue weighted by Gasteiger charge is 2.11. The van der Waals surface area contributed by atoms with Crippen LogP contribution in [0.4, 0.5) is 5.69 Å². The Bertz CT molecular complexity index is 659. The maximum atomic E-state index is 11.5. The van der Waals surface area contributed by atoms with E-state index in [9.17, 15) is 8.42 Å². The van der Waals surface area contributed by atoms with Gasteiger partial charge >= 0.3 is 0 Å². The van der Waals surface area contributed by atoms with E-state index in [-0.39, 0.29) is 4.90 Å². The van der Waals surface area contributed by atoms with Crippen molar-refractivity contribution in [3.8, 4) is 11.1 Å². The van der Waals surface area contributed by atoms with Gasteiger partial charge in [-0.05, 0) is 23.8 Å². The van der Waals surface area contributed by atoms with E-state index in [1.807, 2.05) is 0 Å². The third kappa shape index (κ3) is 2.47. The largest absolute Gasteiger partial charge is 0.399 e. The van der Waals surface area contributed by atoms with E-state index in [2.05, 4.69) is 5.10 Å². The molecule has 0 aliphatic heterocycles. The highest BCUT2D eigenvalue weighted by atomic mass is 32.2. The number of hydrogen-bond acceptors (Lipinski definition) is 4. The van der Waals surface area contributed by atoms with Gasteiger partial charge in [0.1, 0.15) is 0 Å². The molecule has 0 bridgehead atoms. The molecule has 2 N–H and O–H groups in total. The zero-order chi connectivity index (χ0) is 12.6. The average molecular weight is 251 g/mol. The molecule has 0 saturated heterocycles. The topological polar surface area (TPSA) is 78.0 Å². The van der Waals surface area contributed by atoms with Gasteiger partial charge < -0.3 is 5.73 Å². The summed E-state index contributed by atoms with van der Waals surface area (Å²) in [6.45, 7) is 0. The van der Waals surface area contributed by atoms with Crippen LogP contribution in [0, 0.1) is 0 Å². The number of anilines is 1. The quantitative estimate of drug-likeness (QED) is 0.810. The van der Waals surface area contributed by atoms with Crippen molar-refractivity contribution >= 4 is 15.5 Å². The zero-order valence-corrected chi connectivity index (χ0v) is 10.4. The van der Waals surface area contributed by atoms with Crippen LogP contribution >= 0.6 is 0 Å². The summed E-state index contributed by atoms with van der Waals surface area (Å²) in [5.74, 6) is 0. The molecular weight excluding hydrogens is 238 g/mol. The van der Waals surface area contributed by atoms with Crippen molar-refractivity contribution in [2.24, 2.45) is 7.05 Å². The van der Waals surface area contributed by atoms with Crippen LogP contribution in [0.25, 0.3) is 11.1 Å². The summed E-state index contributed by atoms with van der Waals surface area (Å²) in [5.41, 5.74) is 7.72. The van der Waals surface area contributed by atoms with Crippen LogP contribution < -0.4 is 5.73 Å². The molecule has 0 atom stereocenters. The number of hydrogen-bond donors (Lipinski definition) is 1. The maximum Gasteiger partial charge on any atom is 0.175 e. The van der Waals surface area contributed by atoms with Crippen LogP contribution in [0.15, 0.2) is 35.5 Å². The van der Waals surface area contributed by atoms with E-state index < -0.39 is 9.84 Å². The van der Waals surface area contributed by atoms with Crippen LogP contribution in [-0.4, -0.2) is 24.5 Å². The van der Waals surface area contributed by atoms with Gasteiger partial charge in [-0.25, -0.2) is 8.42 Å². The van der Waals surface area contributed by atoms with Crippen molar-refractivity contribution < 1.29 is 8.42 Å². The molecule has 0 spiro atoms. The lowest BCUT2D eigenvalue weighted by molar-refractivity contribution is 0.602. The number of aromatic nitrogens is 2. The molecule has 0 amide bonds. The number of nitrogen functional groups attached to an aromatic ring is 1. The maximum absolute atomic E-state index is 11.5. The molecule has 0 aliphatic carbocycles. The molecule has 0 aliphatic rings. The van der Waals surface area contributed by atoms with Crippen molar-refractivity contribution in [1.29, 1.82) is 0 Å². The van der Waals surface area contributed by atoms with E-state index in [0.717, 1.165) is 17.4 Å². The molecule has 6 heteroatoms. The second-order valence-corrected chi connectivity index (χ2v) is 5.98. The molecule has 2 aromatic rings. The minimum atomic E-state index is -3.26. The molecular formula is C11H13N3O2S. The standard InChI is InChI=1S/C11H13N3O2S/c1-14-7-9(6-13-14)8-3-10(12)5-11(4-8)17(2,15)16/h3-7H,12H2,1-2H3. The predicted octanol–water partition coefficient (Wildman–Crippen LogP) is 1.07. The Morgan fingerprint density at radius 1 is 1.24 bits per heavy atom. The summed E-state index contributed by atoms with van der Waals surface area (Å²) in [6, 6.07) is 4.78. The van der Waals surface area contributed by atoms with Gasteiger partial charge in [-0.1, -0.05) is 0 Å². The zero-order valence-electron chi connectivity index (χ0n) is 9.58. The van der Waals surface area contributed by atoms with Crippen LogP contribution in [0.5, 0.6) is 0 Å². The van der Waals surface area contributed by atoms with Crippen LogP contribution in [-0.2, 0) is 16.9 Å². The molecule has 1 aromatic carbocycles. The molecule has 90 valence electrons. The number of rotatable bonds is 2. The second kappa shape index (κ2) is 3.89. The number of benzene rings is 1. The summed E-state index contributed by atoms with van der Waals surface area (Å²) in [4.78, 5) is 0.219. The van der Waals surface area contributed by atoms with E-state index in [1.54, 1.807) is 36.3 Å². The Hall–Kier alpha value is -1.82. The fraction of sp³-hybridized carbons (Fsp3) is 0.182. The van der Waals surface area contributed by atoms with Gasteiger partial charge in [-0.15, -0.1) is 0 Å². The summed E-state index contributed by atoms with van der Waals surface area (Å²) in [7, 11) is -1.46. The SMILES string of the molecule is Cn1cc(-c2cc(N)cc(S(C)(=O)=O)c2)cn1. The molecule has 0 unspecified atom stereocenters. The molecule has 5 nitrogen and oxygen atoms in total. The molecule has 0 saturated carbocycles. The number of aryl methyl sites for hydroxylation is 1.